The van der Waals surface area contributed by atoms with E-state index in [1.54, 1.807) is 19.1 Å². The Kier molecular flexibility index (Phi) is 2.73. The molecule has 0 radical (unpaired) electrons. The van der Waals surface area contributed by atoms with Crippen molar-refractivity contribution in [2.45, 2.75) is 26.7 Å². The van der Waals surface area contributed by atoms with Gasteiger partial charge in [0.05, 0.1) is 0 Å². The second kappa shape index (κ2) is 4.04. The molecule has 1 aromatic heterocycles. The maximum absolute atomic E-state index is 13.7. The van der Waals surface area contributed by atoms with Crippen LogP contribution in [0.5, 0.6) is 0 Å². The fraction of sp³-hybridized carbons (Fsp3) is 0.333. The van der Waals surface area contributed by atoms with Gasteiger partial charge in [-0.1, -0.05) is 25.1 Å². The van der Waals surface area contributed by atoms with E-state index in [-0.39, 0.29) is 11.7 Å². The van der Waals surface area contributed by atoms with E-state index in [9.17, 15) is 4.39 Å². The van der Waals surface area contributed by atoms with Crippen LogP contribution in [0.1, 0.15) is 31.2 Å². The topological polar surface area (TPSA) is 38.9 Å². The molecule has 0 aliphatic carbocycles. The number of aryl methyl sites for hydroxylation is 1. The molecule has 0 atom stereocenters. The predicted octanol–water partition coefficient (Wildman–Crippen LogP) is 3.31. The zero-order chi connectivity index (χ0) is 11.7. The lowest BCUT2D eigenvalue weighted by molar-refractivity contribution is 0.425. The van der Waals surface area contributed by atoms with Crippen LogP contribution in [-0.2, 0) is 0 Å². The van der Waals surface area contributed by atoms with Crippen molar-refractivity contribution in [3.63, 3.8) is 0 Å². The van der Waals surface area contributed by atoms with Gasteiger partial charge in [-0.2, -0.15) is 4.98 Å². The largest absolute Gasteiger partial charge is 0.334 e. The molecule has 0 aliphatic heterocycles. The minimum Gasteiger partial charge on any atom is -0.334 e. The maximum Gasteiger partial charge on any atom is 0.258 e. The molecule has 0 unspecified atom stereocenters. The third-order valence-corrected chi connectivity index (χ3v) is 2.40. The second-order valence-electron chi connectivity index (χ2n) is 4.04. The summed E-state index contributed by atoms with van der Waals surface area (Å²) in [6, 6.07) is 4.99. The van der Waals surface area contributed by atoms with E-state index in [0.717, 1.165) is 0 Å². The first-order valence-electron chi connectivity index (χ1n) is 5.18. The minimum absolute atomic E-state index is 0.165. The van der Waals surface area contributed by atoms with Crippen molar-refractivity contribution in [1.82, 2.24) is 10.1 Å². The number of rotatable bonds is 2. The van der Waals surface area contributed by atoms with Gasteiger partial charge in [0.2, 0.25) is 0 Å². The summed E-state index contributed by atoms with van der Waals surface area (Å²) in [6.07, 6.45) is 0. The summed E-state index contributed by atoms with van der Waals surface area (Å²) in [6.45, 7) is 5.63. The van der Waals surface area contributed by atoms with Gasteiger partial charge in [-0.25, -0.2) is 4.39 Å². The average molecular weight is 220 g/mol. The molecule has 16 heavy (non-hydrogen) atoms. The summed E-state index contributed by atoms with van der Waals surface area (Å²) in [5.41, 5.74) is 1.31. The fourth-order valence-corrected chi connectivity index (χ4v) is 1.54. The molecule has 0 saturated carbocycles. The molecule has 0 bridgehead atoms. The second-order valence-corrected chi connectivity index (χ2v) is 4.04. The highest BCUT2D eigenvalue weighted by Gasteiger charge is 2.11. The molecule has 3 nitrogen and oxygen atoms in total. The smallest absolute Gasteiger partial charge is 0.258 e. The molecule has 0 fully saturated rings. The van der Waals surface area contributed by atoms with Crippen LogP contribution in [0.4, 0.5) is 4.39 Å². The van der Waals surface area contributed by atoms with Gasteiger partial charge < -0.3 is 4.52 Å². The summed E-state index contributed by atoms with van der Waals surface area (Å²) >= 11 is 0. The van der Waals surface area contributed by atoms with Crippen LogP contribution in [0.25, 0.3) is 11.5 Å². The van der Waals surface area contributed by atoms with Gasteiger partial charge in [-0.3, -0.25) is 0 Å². The first-order chi connectivity index (χ1) is 7.58. The number of nitrogens with zero attached hydrogens (tertiary/aromatic N) is 2. The van der Waals surface area contributed by atoms with Crippen molar-refractivity contribution in [3.05, 3.63) is 35.4 Å². The Morgan fingerprint density at radius 2 is 2.06 bits per heavy atom. The first kappa shape index (κ1) is 10.8. The lowest BCUT2D eigenvalue weighted by atomic mass is 10.0. The van der Waals surface area contributed by atoms with Crippen LogP contribution in [0, 0.1) is 12.7 Å². The van der Waals surface area contributed by atoms with Crippen LogP contribution in [0.3, 0.4) is 0 Å². The molecule has 1 aromatic carbocycles. The third kappa shape index (κ3) is 1.96. The highest BCUT2D eigenvalue weighted by atomic mass is 19.1. The normalized spacial score (nSPS) is 11.1. The van der Waals surface area contributed by atoms with E-state index in [2.05, 4.69) is 10.1 Å². The Morgan fingerprint density at radius 3 is 2.56 bits per heavy atom. The molecule has 2 aromatic rings. The predicted molar refractivity (Wildman–Crippen MR) is 58.5 cm³/mol. The molecule has 84 valence electrons. The maximum atomic E-state index is 13.7. The molecule has 0 aliphatic rings. The Hall–Kier alpha value is -1.71. The van der Waals surface area contributed by atoms with Crippen molar-refractivity contribution in [1.29, 1.82) is 0 Å². The Balaban J connectivity index is 2.42. The molecular weight excluding hydrogens is 207 g/mol. The van der Waals surface area contributed by atoms with E-state index in [4.69, 9.17) is 4.52 Å². The van der Waals surface area contributed by atoms with Gasteiger partial charge >= 0.3 is 0 Å². The van der Waals surface area contributed by atoms with Crippen LogP contribution in [0.2, 0.25) is 0 Å². The SMILES string of the molecule is Cc1noc(-c2ccc(C(C)C)c(F)c2)n1. The van der Waals surface area contributed by atoms with Crippen LogP contribution in [-0.4, -0.2) is 10.1 Å². The average Bonchev–Trinajstić information content (AvgIpc) is 2.64. The molecular formula is C12H13FN2O. The lowest BCUT2D eigenvalue weighted by Gasteiger charge is -2.06. The lowest BCUT2D eigenvalue weighted by Crippen LogP contribution is -1.93. The van der Waals surface area contributed by atoms with Gasteiger partial charge in [0.15, 0.2) is 5.82 Å². The van der Waals surface area contributed by atoms with Gasteiger partial charge in [-0.15, -0.1) is 0 Å². The van der Waals surface area contributed by atoms with Crippen LogP contribution in [0.15, 0.2) is 22.7 Å². The van der Waals surface area contributed by atoms with Crippen molar-refractivity contribution >= 4 is 0 Å². The van der Waals surface area contributed by atoms with E-state index in [1.165, 1.54) is 6.07 Å². The van der Waals surface area contributed by atoms with Crippen LogP contribution < -0.4 is 0 Å². The van der Waals surface area contributed by atoms with Crippen molar-refractivity contribution < 1.29 is 8.91 Å². The van der Waals surface area contributed by atoms with Gasteiger partial charge in [0.1, 0.15) is 5.82 Å². The Morgan fingerprint density at radius 1 is 1.31 bits per heavy atom. The highest BCUT2D eigenvalue weighted by molar-refractivity contribution is 5.53. The number of benzene rings is 1. The summed E-state index contributed by atoms with van der Waals surface area (Å²) in [4.78, 5) is 4.05. The summed E-state index contributed by atoms with van der Waals surface area (Å²) in [7, 11) is 0. The van der Waals surface area contributed by atoms with Crippen molar-refractivity contribution in [3.8, 4) is 11.5 Å². The Labute approximate surface area is 93.3 Å². The summed E-state index contributed by atoms with van der Waals surface area (Å²) in [5.74, 6) is 0.830. The third-order valence-electron chi connectivity index (χ3n) is 2.40. The van der Waals surface area contributed by atoms with Gasteiger partial charge in [-0.05, 0) is 30.5 Å². The molecule has 0 amide bonds. The van der Waals surface area contributed by atoms with Crippen molar-refractivity contribution in [2.75, 3.05) is 0 Å². The molecule has 1 heterocycles. The zero-order valence-corrected chi connectivity index (χ0v) is 9.49. The van der Waals surface area contributed by atoms with E-state index in [1.807, 2.05) is 13.8 Å². The van der Waals surface area contributed by atoms with E-state index in [0.29, 0.717) is 22.8 Å². The van der Waals surface area contributed by atoms with Gasteiger partial charge in [0, 0.05) is 5.56 Å². The Bertz CT molecular complexity index is 505. The molecule has 0 N–H and O–H groups in total. The monoisotopic (exact) mass is 220 g/mol. The van der Waals surface area contributed by atoms with E-state index >= 15 is 0 Å². The van der Waals surface area contributed by atoms with E-state index < -0.39 is 0 Å². The first-order valence-corrected chi connectivity index (χ1v) is 5.18. The minimum atomic E-state index is -0.233. The van der Waals surface area contributed by atoms with Crippen molar-refractivity contribution in [2.24, 2.45) is 0 Å². The fourth-order valence-electron chi connectivity index (χ4n) is 1.54. The standard InChI is InChI=1S/C12H13FN2O/c1-7(2)10-5-4-9(6-11(10)13)12-14-8(3)15-16-12/h4-7H,1-3H3. The number of halogens is 1. The summed E-state index contributed by atoms with van der Waals surface area (Å²) < 4.78 is 18.7. The molecule has 0 spiro atoms. The van der Waals surface area contributed by atoms with Gasteiger partial charge in [0.25, 0.3) is 5.89 Å². The quantitative estimate of drug-likeness (QED) is 0.779. The van der Waals surface area contributed by atoms with Crippen LogP contribution >= 0.6 is 0 Å². The number of hydrogen-bond acceptors (Lipinski definition) is 3. The summed E-state index contributed by atoms with van der Waals surface area (Å²) in [5, 5.41) is 3.67. The number of hydrogen-bond donors (Lipinski definition) is 0. The molecule has 2 rings (SSSR count). The number of aromatic nitrogens is 2. The molecule has 0 saturated heterocycles. The zero-order valence-electron chi connectivity index (χ0n) is 9.49. The molecule has 4 heteroatoms. The highest BCUT2D eigenvalue weighted by Crippen LogP contribution is 2.24.